The van der Waals surface area contributed by atoms with Crippen LogP contribution in [0.4, 0.5) is 23.7 Å². The van der Waals surface area contributed by atoms with Gasteiger partial charge in [-0.15, -0.1) is 0 Å². The molecule has 0 fully saturated rings. The second-order valence-corrected chi connectivity index (χ2v) is 6.83. The maximum atomic E-state index is 12.9. The number of hydrogen-bond donors (Lipinski definition) is 3. The van der Waals surface area contributed by atoms with Gasteiger partial charge in [0.25, 0.3) is 0 Å². The summed E-state index contributed by atoms with van der Waals surface area (Å²) in [6.45, 7) is 1.56. The maximum Gasteiger partial charge on any atom is 0.416 e. The fourth-order valence-corrected chi connectivity index (χ4v) is 3.19. The standard InChI is InChI=1S/C18H14Cl2F3N3O/c1-9(10-4-11(18(21,22)23)6-12(19)5-10)25-17(27)26-13-7-15(20)14-2-3-24-16(14)8-13/h2-9,24H,1H3,(H2,25,26,27)/t9-/m1/s1. The molecule has 0 aliphatic rings. The first kappa shape index (κ1) is 19.4. The van der Waals surface area contributed by atoms with Crippen molar-refractivity contribution in [1.82, 2.24) is 10.3 Å². The Kier molecular flexibility index (Phi) is 5.26. The monoisotopic (exact) mass is 415 g/mol. The molecule has 1 aromatic heterocycles. The molecule has 3 aromatic rings. The molecular weight excluding hydrogens is 402 g/mol. The van der Waals surface area contributed by atoms with Crippen LogP contribution in [0.5, 0.6) is 0 Å². The fourth-order valence-electron chi connectivity index (χ4n) is 2.67. The molecule has 9 heteroatoms. The zero-order chi connectivity index (χ0) is 19.8. The smallest absolute Gasteiger partial charge is 0.361 e. The number of carbonyl (C=O) groups is 1. The Morgan fingerprint density at radius 1 is 1.15 bits per heavy atom. The number of aromatic amines is 1. The summed E-state index contributed by atoms with van der Waals surface area (Å²) in [6.07, 6.45) is -2.80. The van der Waals surface area contributed by atoms with E-state index < -0.39 is 23.8 Å². The van der Waals surface area contributed by atoms with Crippen molar-refractivity contribution < 1.29 is 18.0 Å². The number of H-pyrrole nitrogens is 1. The van der Waals surface area contributed by atoms with Gasteiger partial charge >= 0.3 is 12.2 Å². The van der Waals surface area contributed by atoms with E-state index >= 15 is 0 Å². The Labute approximate surface area is 162 Å². The maximum absolute atomic E-state index is 12.9. The molecule has 0 aliphatic heterocycles. The van der Waals surface area contributed by atoms with E-state index in [1.165, 1.54) is 6.07 Å². The first-order chi connectivity index (χ1) is 12.6. The Balaban J connectivity index is 1.74. The highest BCUT2D eigenvalue weighted by Crippen LogP contribution is 2.33. The van der Waals surface area contributed by atoms with Crippen LogP contribution in [0.1, 0.15) is 24.1 Å². The van der Waals surface area contributed by atoms with Gasteiger partial charge in [-0.3, -0.25) is 0 Å². The second-order valence-electron chi connectivity index (χ2n) is 5.99. The molecular formula is C18H14Cl2F3N3O. The number of carbonyl (C=O) groups excluding carboxylic acids is 1. The largest absolute Gasteiger partial charge is 0.416 e. The molecule has 0 aliphatic carbocycles. The highest BCUT2D eigenvalue weighted by atomic mass is 35.5. The third-order valence-corrected chi connectivity index (χ3v) is 4.50. The number of rotatable bonds is 3. The Bertz CT molecular complexity index is 1000. The predicted octanol–water partition coefficient (Wildman–Crippen LogP) is 6.38. The van der Waals surface area contributed by atoms with Crippen molar-refractivity contribution in [2.75, 3.05) is 5.32 Å². The van der Waals surface area contributed by atoms with Crippen molar-refractivity contribution in [1.29, 1.82) is 0 Å². The lowest BCUT2D eigenvalue weighted by molar-refractivity contribution is -0.137. The molecule has 2 amide bonds. The zero-order valence-electron chi connectivity index (χ0n) is 13.9. The lowest BCUT2D eigenvalue weighted by Gasteiger charge is -2.17. The molecule has 142 valence electrons. The van der Waals surface area contributed by atoms with Crippen LogP contribution in [0.25, 0.3) is 10.9 Å². The number of anilines is 1. The predicted molar refractivity (Wildman–Crippen MR) is 100 cm³/mol. The van der Waals surface area contributed by atoms with Crippen LogP contribution in [-0.2, 0) is 6.18 Å². The highest BCUT2D eigenvalue weighted by Gasteiger charge is 2.31. The number of halogens is 5. The summed E-state index contributed by atoms with van der Waals surface area (Å²) >= 11 is 11.9. The summed E-state index contributed by atoms with van der Waals surface area (Å²) in [4.78, 5) is 15.2. The van der Waals surface area contributed by atoms with E-state index in [0.717, 1.165) is 23.0 Å². The number of nitrogens with one attached hydrogen (secondary N) is 3. The number of alkyl halides is 3. The number of amides is 2. The molecule has 0 saturated heterocycles. The highest BCUT2D eigenvalue weighted by molar-refractivity contribution is 6.35. The van der Waals surface area contributed by atoms with Gasteiger partial charge in [0.15, 0.2) is 0 Å². The van der Waals surface area contributed by atoms with E-state index in [1.807, 2.05) is 0 Å². The van der Waals surface area contributed by atoms with Crippen molar-refractivity contribution in [3.63, 3.8) is 0 Å². The van der Waals surface area contributed by atoms with Gasteiger partial charge in [0.1, 0.15) is 0 Å². The average molecular weight is 416 g/mol. The normalized spacial score (nSPS) is 12.8. The second kappa shape index (κ2) is 7.32. The minimum absolute atomic E-state index is 0.0575. The lowest BCUT2D eigenvalue weighted by atomic mass is 10.0. The number of benzene rings is 2. The third-order valence-electron chi connectivity index (χ3n) is 3.97. The Hall–Kier alpha value is -2.38. The van der Waals surface area contributed by atoms with Gasteiger partial charge in [0.2, 0.25) is 0 Å². The first-order valence-electron chi connectivity index (χ1n) is 7.85. The Morgan fingerprint density at radius 3 is 2.59 bits per heavy atom. The molecule has 1 atom stereocenters. The summed E-state index contributed by atoms with van der Waals surface area (Å²) < 4.78 is 38.8. The number of urea groups is 1. The van der Waals surface area contributed by atoms with E-state index in [-0.39, 0.29) is 10.6 Å². The minimum Gasteiger partial charge on any atom is -0.361 e. The van der Waals surface area contributed by atoms with Crippen LogP contribution in [0.15, 0.2) is 42.6 Å². The summed E-state index contributed by atoms with van der Waals surface area (Å²) in [5.74, 6) is 0. The van der Waals surface area contributed by atoms with E-state index in [4.69, 9.17) is 23.2 Å². The molecule has 0 unspecified atom stereocenters. The van der Waals surface area contributed by atoms with E-state index in [1.54, 1.807) is 31.3 Å². The molecule has 0 bridgehead atoms. The van der Waals surface area contributed by atoms with Gasteiger partial charge in [0, 0.05) is 27.8 Å². The van der Waals surface area contributed by atoms with Crippen LogP contribution >= 0.6 is 23.2 Å². The molecule has 1 heterocycles. The van der Waals surface area contributed by atoms with E-state index in [0.29, 0.717) is 10.7 Å². The zero-order valence-corrected chi connectivity index (χ0v) is 15.4. The van der Waals surface area contributed by atoms with Crippen molar-refractivity contribution in [2.24, 2.45) is 0 Å². The van der Waals surface area contributed by atoms with Gasteiger partial charge in [-0.2, -0.15) is 13.2 Å². The SMILES string of the molecule is C[C@@H](NC(=O)Nc1cc(Cl)c2cc[nH]c2c1)c1cc(Cl)cc(C(F)(F)F)c1. The fraction of sp³-hybridized carbons (Fsp3) is 0.167. The molecule has 0 saturated carbocycles. The average Bonchev–Trinajstić information content (AvgIpc) is 3.02. The summed E-state index contributed by atoms with van der Waals surface area (Å²) in [6, 6.07) is 6.98. The van der Waals surface area contributed by atoms with Gasteiger partial charge in [-0.1, -0.05) is 23.2 Å². The molecule has 4 nitrogen and oxygen atoms in total. The summed E-state index contributed by atoms with van der Waals surface area (Å²) in [7, 11) is 0. The van der Waals surface area contributed by atoms with Crippen LogP contribution in [-0.4, -0.2) is 11.0 Å². The van der Waals surface area contributed by atoms with Crippen LogP contribution in [0.2, 0.25) is 10.0 Å². The topological polar surface area (TPSA) is 56.9 Å². The molecule has 3 N–H and O–H groups in total. The van der Waals surface area contributed by atoms with Crippen molar-refractivity contribution >= 4 is 45.8 Å². The van der Waals surface area contributed by atoms with E-state index in [9.17, 15) is 18.0 Å². The first-order valence-corrected chi connectivity index (χ1v) is 8.61. The minimum atomic E-state index is -4.52. The summed E-state index contributed by atoms with van der Waals surface area (Å²) in [5, 5.41) is 6.41. The van der Waals surface area contributed by atoms with Gasteiger partial charge < -0.3 is 15.6 Å². The van der Waals surface area contributed by atoms with Crippen molar-refractivity contribution in [3.05, 3.63) is 63.8 Å². The van der Waals surface area contributed by atoms with Crippen molar-refractivity contribution in [2.45, 2.75) is 19.1 Å². The quantitative estimate of drug-likeness (QED) is 0.456. The van der Waals surface area contributed by atoms with E-state index in [2.05, 4.69) is 15.6 Å². The number of aromatic nitrogens is 1. The number of hydrogen-bond acceptors (Lipinski definition) is 1. The van der Waals surface area contributed by atoms with Gasteiger partial charge in [-0.25, -0.2) is 4.79 Å². The van der Waals surface area contributed by atoms with Gasteiger partial charge in [-0.05, 0) is 48.9 Å². The van der Waals surface area contributed by atoms with Crippen LogP contribution in [0, 0.1) is 0 Å². The van der Waals surface area contributed by atoms with Crippen LogP contribution < -0.4 is 10.6 Å². The van der Waals surface area contributed by atoms with Crippen LogP contribution in [0.3, 0.4) is 0 Å². The molecule has 0 spiro atoms. The molecule has 3 rings (SSSR count). The van der Waals surface area contributed by atoms with Crippen molar-refractivity contribution in [3.8, 4) is 0 Å². The van der Waals surface area contributed by atoms with Gasteiger partial charge in [0.05, 0.1) is 16.6 Å². The molecule has 0 radical (unpaired) electrons. The third kappa shape index (κ3) is 4.48. The molecule has 2 aromatic carbocycles. The number of fused-ring (bicyclic) bond motifs is 1. The lowest BCUT2D eigenvalue weighted by Crippen LogP contribution is -2.31. The molecule has 27 heavy (non-hydrogen) atoms. The summed E-state index contributed by atoms with van der Waals surface area (Å²) in [5.41, 5.74) is 0.558. The Morgan fingerprint density at radius 2 is 1.89 bits per heavy atom.